The minimum absolute atomic E-state index is 0.0369. The molecule has 0 unspecified atom stereocenters. The normalized spacial score (nSPS) is 14.8. The van der Waals surface area contributed by atoms with E-state index in [0.29, 0.717) is 37.1 Å². The van der Waals surface area contributed by atoms with Crippen LogP contribution in [-0.2, 0) is 4.79 Å². The van der Waals surface area contributed by atoms with E-state index in [0.717, 1.165) is 28.7 Å². The summed E-state index contributed by atoms with van der Waals surface area (Å²) in [5.74, 6) is 0.628. The number of carbonyl (C=O) groups is 2. The first-order valence-corrected chi connectivity index (χ1v) is 11.0. The van der Waals surface area contributed by atoms with Crippen molar-refractivity contribution in [2.24, 2.45) is 5.92 Å². The molecule has 1 fully saturated rings. The lowest BCUT2D eigenvalue weighted by Crippen LogP contribution is -2.41. The Kier molecular flexibility index (Phi) is 6.38. The molecule has 4 rings (SSSR count). The summed E-state index contributed by atoms with van der Waals surface area (Å²) in [7, 11) is 0. The second-order valence-corrected chi connectivity index (χ2v) is 8.48. The summed E-state index contributed by atoms with van der Waals surface area (Å²) in [4.78, 5) is 27.5. The Hall–Kier alpha value is -2.80. The van der Waals surface area contributed by atoms with Crippen LogP contribution < -0.4 is 5.32 Å². The SMILES string of the molecule is O=C(CSc1ccc(F)cc1)NCC1CCN(C(=O)c2cc3ccccc3o2)CC1. The highest BCUT2D eigenvalue weighted by Gasteiger charge is 2.26. The van der Waals surface area contributed by atoms with Gasteiger partial charge in [-0.1, -0.05) is 18.2 Å². The third-order valence-corrected chi connectivity index (χ3v) is 6.32. The zero-order valence-corrected chi connectivity index (χ0v) is 17.3. The smallest absolute Gasteiger partial charge is 0.289 e. The molecule has 3 aromatic rings. The van der Waals surface area contributed by atoms with Crippen molar-refractivity contribution < 1.29 is 18.4 Å². The summed E-state index contributed by atoms with van der Waals surface area (Å²) in [6.45, 7) is 1.91. The van der Waals surface area contributed by atoms with Gasteiger partial charge < -0.3 is 14.6 Å². The predicted molar refractivity (Wildman–Crippen MR) is 115 cm³/mol. The lowest BCUT2D eigenvalue weighted by Gasteiger charge is -2.31. The van der Waals surface area contributed by atoms with Crippen LogP contribution in [0, 0.1) is 11.7 Å². The summed E-state index contributed by atoms with van der Waals surface area (Å²) >= 11 is 1.39. The van der Waals surface area contributed by atoms with Crippen molar-refractivity contribution in [1.82, 2.24) is 10.2 Å². The number of piperidine rings is 1. The van der Waals surface area contributed by atoms with Gasteiger partial charge in [0.15, 0.2) is 5.76 Å². The molecule has 156 valence electrons. The quantitative estimate of drug-likeness (QED) is 0.596. The van der Waals surface area contributed by atoms with Gasteiger partial charge in [-0.3, -0.25) is 9.59 Å². The van der Waals surface area contributed by atoms with Gasteiger partial charge in [0.25, 0.3) is 5.91 Å². The topological polar surface area (TPSA) is 62.6 Å². The van der Waals surface area contributed by atoms with Crippen LogP contribution in [0.4, 0.5) is 4.39 Å². The molecule has 0 bridgehead atoms. The third kappa shape index (κ3) is 5.02. The number of likely N-dealkylation sites (tertiary alicyclic amines) is 1. The van der Waals surface area contributed by atoms with Crippen LogP contribution in [-0.4, -0.2) is 42.1 Å². The molecule has 2 heterocycles. The molecule has 7 heteroatoms. The Balaban J connectivity index is 1.20. The number of nitrogens with zero attached hydrogens (tertiary/aromatic N) is 1. The molecule has 2 aromatic carbocycles. The van der Waals surface area contributed by atoms with Crippen LogP contribution in [0.2, 0.25) is 0 Å². The fraction of sp³-hybridized carbons (Fsp3) is 0.304. The maximum Gasteiger partial charge on any atom is 0.289 e. The first-order valence-electron chi connectivity index (χ1n) is 10.0. The molecule has 2 amide bonds. The molecule has 0 spiro atoms. The molecule has 1 aromatic heterocycles. The molecule has 0 atom stereocenters. The fourth-order valence-corrected chi connectivity index (χ4v) is 4.30. The first-order chi connectivity index (χ1) is 14.6. The van der Waals surface area contributed by atoms with E-state index in [1.54, 1.807) is 18.2 Å². The Morgan fingerprint density at radius 1 is 1.10 bits per heavy atom. The monoisotopic (exact) mass is 426 g/mol. The van der Waals surface area contributed by atoms with E-state index < -0.39 is 0 Å². The van der Waals surface area contributed by atoms with Crippen molar-refractivity contribution in [3.8, 4) is 0 Å². The number of furan rings is 1. The molecule has 1 aliphatic heterocycles. The van der Waals surface area contributed by atoms with Gasteiger partial charge in [0.2, 0.25) is 5.91 Å². The van der Waals surface area contributed by atoms with Crippen molar-refractivity contribution in [2.75, 3.05) is 25.4 Å². The summed E-state index contributed by atoms with van der Waals surface area (Å²) in [6.07, 6.45) is 1.69. The fourth-order valence-electron chi connectivity index (χ4n) is 3.57. The number of hydrogen-bond acceptors (Lipinski definition) is 4. The minimum Gasteiger partial charge on any atom is -0.451 e. The van der Waals surface area contributed by atoms with E-state index in [9.17, 15) is 14.0 Å². The lowest BCUT2D eigenvalue weighted by molar-refractivity contribution is -0.118. The van der Waals surface area contributed by atoms with Gasteiger partial charge in [0, 0.05) is 29.9 Å². The van der Waals surface area contributed by atoms with E-state index in [2.05, 4.69) is 5.32 Å². The number of amides is 2. The Morgan fingerprint density at radius 2 is 1.83 bits per heavy atom. The molecular formula is C23H23FN2O3S. The highest BCUT2D eigenvalue weighted by Crippen LogP contribution is 2.23. The number of thioether (sulfide) groups is 1. The summed E-state index contributed by atoms with van der Waals surface area (Å²) < 4.78 is 18.6. The Morgan fingerprint density at radius 3 is 2.57 bits per heavy atom. The number of benzene rings is 2. The molecule has 5 nitrogen and oxygen atoms in total. The second-order valence-electron chi connectivity index (χ2n) is 7.43. The van der Waals surface area contributed by atoms with Gasteiger partial charge in [-0.15, -0.1) is 11.8 Å². The summed E-state index contributed by atoms with van der Waals surface area (Å²) in [5.41, 5.74) is 0.719. The van der Waals surface area contributed by atoms with E-state index >= 15 is 0 Å². The van der Waals surface area contributed by atoms with Gasteiger partial charge in [0.05, 0.1) is 5.75 Å². The molecule has 1 N–H and O–H groups in total. The van der Waals surface area contributed by atoms with Crippen LogP contribution in [0.25, 0.3) is 11.0 Å². The van der Waals surface area contributed by atoms with Crippen molar-refractivity contribution in [3.63, 3.8) is 0 Å². The number of fused-ring (bicyclic) bond motifs is 1. The number of rotatable bonds is 6. The van der Waals surface area contributed by atoms with Gasteiger partial charge in [-0.05, 0) is 55.2 Å². The average molecular weight is 427 g/mol. The highest BCUT2D eigenvalue weighted by molar-refractivity contribution is 8.00. The lowest BCUT2D eigenvalue weighted by atomic mass is 9.96. The van der Waals surface area contributed by atoms with E-state index in [1.165, 1.54) is 23.9 Å². The average Bonchev–Trinajstić information content (AvgIpc) is 3.21. The molecule has 0 saturated carbocycles. The molecule has 1 aliphatic rings. The van der Waals surface area contributed by atoms with E-state index in [-0.39, 0.29) is 17.6 Å². The Bertz CT molecular complexity index is 993. The number of nitrogens with one attached hydrogen (secondary N) is 1. The predicted octanol–water partition coefficient (Wildman–Crippen LogP) is 4.33. The number of para-hydroxylation sites is 1. The van der Waals surface area contributed by atoms with Gasteiger partial charge in [-0.2, -0.15) is 0 Å². The van der Waals surface area contributed by atoms with Crippen LogP contribution in [0.5, 0.6) is 0 Å². The second kappa shape index (κ2) is 9.34. The van der Waals surface area contributed by atoms with Crippen LogP contribution in [0.1, 0.15) is 23.4 Å². The highest BCUT2D eigenvalue weighted by atomic mass is 32.2. The number of carbonyl (C=O) groups excluding carboxylic acids is 2. The van der Waals surface area contributed by atoms with Gasteiger partial charge >= 0.3 is 0 Å². The minimum atomic E-state index is -0.283. The van der Waals surface area contributed by atoms with Crippen LogP contribution in [0.15, 0.2) is 63.9 Å². The molecule has 30 heavy (non-hydrogen) atoms. The van der Waals surface area contributed by atoms with Crippen molar-refractivity contribution in [2.45, 2.75) is 17.7 Å². The maximum absolute atomic E-state index is 12.9. The van der Waals surface area contributed by atoms with Crippen LogP contribution in [0.3, 0.4) is 0 Å². The van der Waals surface area contributed by atoms with Crippen molar-refractivity contribution in [1.29, 1.82) is 0 Å². The first kappa shape index (κ1) is 20.5. The largest absolute Gasteiger partial charge is 0.451 e. The molecule has 0 aliphatic carbocycles. The molecule has 0 radical (unpaired) electrons. The van der Waals surface area contributed by atoms with Gasteiger partial charge in [0.1, 0.15) is 11.4 Å². The van der Waals surface area contributed by atoms with Crippen molar-refractivity contribution in [3.05, 3.63) is 66.2 Å². The third-order valence-electron chi connectivity index (χ3n) is 5.31. The summed E-state index contributed by atoms with van der Waals surface area (Å²) in [5, 5.41) is 3.90. The van der Waals surface area contributed by atoms with Crippen molar-refractivity contribution >= 4 is 34.5 Å². The number of hydrogen-bond donors (Lipinski definition) is 1. The molecular weight excluding hydrogens is 403 g/mol. The maximum atomic E-state index is 12.9. The Labute approximate surface area is 178 Å². The zero-order valence-electron chi connectivity index (χ0n) is 16.5. The van der Waals surface area contributed by atoms with E-state index in [4.69, 9.17) is 4.42 Å². The zero-order chi connectivity index (χ0) is 20.9. The molecule has 1 saturated heterocycles. The van der Waals surface area contributed by atoms with E-state index in [1.807, 2.05) is 29.2 Å². The summed E-state index contributed by atoms with van der Waals surface area (Å²) in [6, 6.07) is 15.5. The van der Waals surface area contributed by atoms with Crippen LogP contribution >= 0.6 is 11.8 Å². The number of halogens is 1. The standard InChI is InChI=1S/C23H23FN2O3S/c24-18-5-7-19(8-6-18)30-15-22(27)25-14-16-9-11-26(12-10-16)23(28)21-13-17-3-1-2-4-20(17)29-21/h1-8,13,16H,9-12,14-15H2,(H,25,27). The van der Waals surface area contributed by atoms with Gasteiger partial charge in [-0.25, -0.2) is 4.39 Å².